The first-order valence-electron chi connectivity index (χ1n) is 21.2. The fourth-order valence-corrected chi connectivity index (χ4v) is 6.80. The third-order valence-corrected chi connectivity index (χ3v) is 9.69. The third-order valence-electron chi connectivity index (χ3n) is 9.69. The van der Waals surface area contributed by atoms with Crippen LogP contribution in [0.1, 0.15) is 178 Å². The van der Waals surface area contributed by atoms with E-state index >= 15 is 0 Å². The van der Waals surface area contributed by atoms with Crippen molar-refractivity contribution in [2.75, 3.05) is 0 Å². The van der Waals surface area contributed by atoms with Crippen LogP contribution in [-0.4, -0.2) is 11.9 Å². The van der Waals surface area contributed by atoms with Crippen LogP contribution in [0.5, 0.6) is 11.5 Å². The van der Waals surface area contributed by atoms with Crippen LogP contribution in [0.4, 0.5) is 11.4 Å². The Bertz CT molecular complexity index is 1480. The predicted octanol–water partition coefficient (Wildman–Crippen LogP) is 13.2. The van der Waals surface area contributed by atoms with Gasteiger partial charge >= 0.3 is 16.5 Å². The topological polar surface area (TPSA) is 70.8 Å². The molecule has 0 unspecified atom stereocenters. The zero-order valence-electron chi connectivity index (χ0n) is 34.6. The average Bonchev–Trinajstić information content (AvgIpc) is 3.13. The first-order valence-corrected chi connectivity index (χ1v) is 21.2. The maximum atomic E-state index is 11.7. The van der Waals surface area contributed by atoms with Gasteiger partial charge in [-0.25, -0.2) is 0 Å². The minimum absolute atomic E-state index is 0. The van der Waals surface area contributed by atoms with Gasteiger partial charge in [-0.2, -0.15) is 0 Å². The predicted molar refractivity (Wildman–Crippen MR) is 225 cm³/mol. The van der Waals surface area contributed by atoms with Crippen LogP contribution in [-0.2, 0) is 55.0 Å². The van der Waals surface area contributed by atoms with E-state index in [-0.39, 0.29) is 28.0 Å². The molecule has 0 spiro atoms. The van der Waals surface area contributed by atoms with Gasteiger partial charge in [0.15, 0.2) is 0 Å². The smallest absolute Gasteiger partial charge is 0.873 e. The molecule has 4 nitrogen and oxygen atoms in total. The summed E-state index contributed by atoms with van der Waals surface area (Å²) < 4.78 is 0. The summed E-state index contributed by atoms with van der Waals surface area (Å²) >= 11 is 0. The molecule has 0 fully saturated rings. The second-order valence-corrected chi connectivity index (χ2v) is 14.6. The first kappa shape index (κ1) is 48.1. The van der Waals surface area contributed by atoms with Crippen molar-refractivity contribution in [2.24, 2.45) is 9.98 Å². The molecule has 0 amide bonds. The molecule has 3 rings (SSSR count). The summed E-state index contributed by atoms with van der Waals surface area (Å²) in [5.41, 5.74) is 10.9. The number of unbranched alkanes of at least 4 members (excludes halogenated alkanes) is 7. The number of hydrogen-bond acceptors (Lipinski definition) is 4. The Balaban J connectivity index is 0.000000624. The van der Waals surface area contributed by atoms with Crippen molar-refractivity contribution in [1.29, 1.82) is 0 Å². The minimum Gasteiger partial charge on any atom is -0.873 e. The quantitative estimate of drug-likeness (QED) is 0.0517. The molecule has 0 bridgehead atoms. The zero-order valence-corrected chi connectivity index (χ0v) is 35.6. The summed E-state index contributed by atoms with van der Waals surface area (Å²) in [4.78, 5) is 9.98. The van der Waals surface area contributed by atoms with Crippen molar-refractivity contribution in [1.82, 2.24) is 0 Å². The van der Waals surface area contributed by atoms with Crippen molar-refractivity contribution < 1.29 is 26.7 Å². The maximum absolute atomic E-state index is 11.7. The number of aliphatic imine (C=N–C) groups is 2. The van der Waals surface area contributed by atoms with Crippen molar-refractivity contribution in [3.63, 3.8) is 0 Å². The summed E-state index contributed by atoms with van der Waals surface area (Å²) in [6, 6.07) is 17.0. The van der Waals surface area contributed by atoms with Gasteiger partial charge in [-0.15, -0.1) is 11.5 Å². The summed E-state index contributed by atoms with van der Waals surface area (Å²) in [6.45, 7) is 15.6. The fourth-order valence-electron chi connectivity index (χ4n) is 6.80. The molecule has 0 radical (unpaired) electrons. The van der Waals surface area contributed by atoms with E-state index in [4.69, 9.17) is 9.98 Å². The molecule has 296 valence electrons. The van der Waals surface area contributed by atoms with Gasteiger partial charge in [0.05, 0.1) is 17.1 Å². The third kappa shape index (κ3) is 18.8. The molecule has 0 aliphatic rings. The van der Waals surface area contributed by atoms with E-state index in [9.17, 15) is 10.2 Å². The van der Waals surface area contributed by atoms with E-state index in [2.05, 4.69) is 84.9 Å². The Kier molecular flexibility index (Phi) is 26.7. The number of benzene rings is 3. The SMILES string of the molecule is CCCCCCC(C=Nc1ccc(CCC)c(CCC)c1)=Nc1ccc(CCC)c(CCC)c1.CCCCCc1cc([O-])c([O-])c(CCCCC)c1.[Ni+2]. The Morgan fingerprint density at radius 1 is 0.491 bits per heavy atom. The van der Waals surface area contributed by atoms with Gasteiger partial charge in [0.2, 0.25) is 0 Å². The number of hydrogen-bond donors (Lipinski definition) is 0. The van der Waals surface area contributed by atoms with Gasteiger partial charge in [-0.3, -0.25) is 9.98 Å². The molecule has 0 saturated heterocycles. The van der Waals surface area contributed by atoms with Crippen molar-refractivity contribution in [3.05, 3.63) is 81.9 Å². The fraction of sp³-hybridized carbons (Fsp3) is 0.583. The van der Waals surface area contributed by atoms with E-state index < -0.39 is 0 Å². The number of aryl methyl sites for hydroxylation is 6. The molecule has 0 aliphatic heterocycles. The molecule has 0 aliphatic carbocycles. The summed E-state index contributed by atoms with van der Waals surface area (Å²) in [6.07, 6.45) is 25.6. The largest absolute Gasteiger partial charge is 2.00 e. The Morgan fingerprint density at radius 3 is 1.57 bits per heavy atom. The van der Waals surface area contributed by atoms with Crippen LogP contribution in [0.15, 0.2) is 58.5 Å². The van der Waals surface area contributed by atoms with Crippen LogP contribution >= 0.6 is 0 Å². The van der Waals surface area contributed by atoms with Crippen LogP contribution in [0.25, 0.3) is 0 Å². The Hall–Kier alpha value is -2.91. The van der Waals surface area contributed by atoms with Gasteiger partial charge in [-0.05, 0) is 116 Å². The molecular formula is C48H72N2NiO2. The normalized spacial score (nSPS) is 11.4. The molecule has 0 N–H and O–H groups in total. The second kappa shape index (κ2) is 29.5. The van der Waals surface area contributed by atoms with E-state index in [0.717, 1.165) is 98.8 Å². The van der Waals surface area contributed by atoms with E-state index in [1.807, 2.05) is 12.3 Å². The number of rotatable bonds is 24. The van der Waals surface area contributed by atoms with Gasteiger partial charge in [0.25, 0.3) is 0 Å². The van der Waals surface area contributed by atoms with Crippen LogP contribution in [0.2, 0.25) is 0 Å². The molecule has 0 saturated carbocycles. The average molecular weight is 768 g/mol. The van der Waals surface area contributed by atoms with E-state index in [1.54, 1.807) is 0 Å². The standard InChI is InChI=1S/C32H48N2.C16H26O2.Ni/c1-6-11-12-13-18-32(34-31-22-20-27(15-8-3)29(24-31)17-10-5)25-33-30-21-19-26(14-7-2)28(23-30)16-9-4;1-3-5-7-9-13-11-14(10-8-6-4-2)16(18)15(17)12-13;/h19-25H,6-18H2,1-5H3;11-12,17-18H,3-10H2,1-2H3;/q;;+2/p-2. The molecule has 0 heterocycles. The first-order chi connectivity index (χ1) is 25.3. The molecule has 3 aromatic rings. The summed E-state index contributed by atoms with van der Waals surface area (Å²) in [5.74, 6) is -0.610. The zero-order chi connectivity index (χ0) is 38.0. The summed E-state index contributed by atoms with van der Waals surface area (Å²) in [5, 5.41) is 23.3. The second-order valence-electron chi connectivity index (χ2n) is 14.6. The molecule has 0 atom stereocenters. The van der Waals surface area contributed by atoms with Gasteiger partial charge in [-0.1, -0.05) is 149 Å². The van der Waals surface area contributed by atoms with Gasteiger partial charge in [0, 0.05) is 6.21 Å². The molecule has 53 heavy (non-hydrogen) atoms. The van der Waals surface area contributed by atoms with Gasteiger partial charge < -0.3 is 10.2 Å². The Labute approximate surface area is 335 Å². The van der Waals surface area contributed by atoms with Gasteiger partial charge in [0.1, 0.15) is 0 Å². The van der Waals surface area contributed by atoms with Crippen molar-refractivity contribution >= 4 is 23.3 Å². The number of nitrogens with zero attached hydrogens (tertiary/aromatic N) is 2. The molecule has 3 aromatic carbocycles. The van der Waals surface area contributed by atoms with Crippen molar-refractivity contribution in [2.45, 2.75) is 183 Å². The van der Waals surface area contributed by atoms with E-state index in [0.29, 0.717) is 0 Å². The Morgan fingerprint density at radius 2 is 1.00 bits per heavy atom. The van der Waals surface area contributed by atoms with Crippen molar-refractivity contribution in [3.8, 4) is 11.5 Å². The van der Waals surface area contributed by atoms with E-state index in [1.165, 1.54) is 92.5 Å². The monoisotopic (exact) mass is 766 g/mol. The minimum atomic E-state index is -0.324. The molecule has 5 heteroatoms. The van der Waals surface area contributed by atoms with Crippen LogP contribution < -0.4 is 10.2 Å². The molecular weight excluding hydrogens is 695 g/mol. The van der Waals surface area contributed by atoms with Crippen LogP contribution in [0.3, 0.4) is 0 Å². The maximum Gasteiger partial charge on any atom is 2.00 e. The van der Waals surface area contributed by atoms with Crippen LogP contribution in [0, 0.1) is 0 Å². The summed E-state index contributed by atoms with van der Waals surface area (Å²) in [7, 11) is 0. The molecule has 0 aromatic heterocycles.